The van der Waals surface area contributed by atoms with Gasteiger partial charge in [-0.2, -0.15) is 18.2 Å². The molecule has 4 aliphatic rings. The average molecular weight is 844 g/mol. The first-order chi connectivity index (χ1) is 28.8. The zero-order valence-electron chi connectivity index (χ0n) is 34.4. The number of aliphatic hydroxyl groups is 1. The van der Waals surface area contributed by atoms with Gasteiger partial charge in [0.1, 0.15) is 35.9 Å². The highest BCUT2D eigenvalue weighted by molar-refractivity contribution is 5.96. The van der Waals surface area contributed by atoms with Gasteiger partial charge in [0, 0.05) is 45.4 Å². The normalized spacial score (nSPS) is 26.1. The van der Waals surface area contributed by atoms with Crippen LogP contribution in [-0.4, -0.2) is 114 Å². The third-order valence-electron chi connectivity index (χ3n) is 11.9. The number of alkyl halides is 3. The summed E-state index contributed by atoms with van der Waals surface area (Å²) in [7, 11) is 1.53. The zero-order chi connectivity index (χ0) is 43.1. The minimum absolute atomic E-state index is 0.0151. The van der Waals surface area contributed by atoms with Gasteiger partial charge in [0.25, 0.3) is 0 Å². The first kappa shape index (κ1) is 45.2. The number of amides is 2. The number of ether oxygens (including phenoxy) is 4. The van der Waals surface area contributed by atoms with E-state index in [1.54, 1.807) is 24.3 Å². The number of unbranched alkanes of at least 4 members (excludes halogenated alkanes) is 4. The molecular formula is C44H56F3N3O10. The van der Waals surface area contributed by atoms with Gasteiger partial charge in [-0.3, -0.25) is 19.2 Å². The van der Waals surface area contributed by atoms with Crippen LogP contribution in [0.15, 0.2) is 60.7 Å². The average Bonchev–Trinajstić information content (AvgIpc) is 3.79. The molecule has 2 bridgehead atoms. The van der Waals surface area contributed by atoms with E-state index in [1.165, 1.54) is 23.1 Å². The molecule has 0 spiro atoms. The van der Waals surface area contributed by atoms with Crippen LogP contribution >= 0.6 is 0 Å². The summed E-state index contributed by atoms with van der Waals surface area (Å²) in [6.45, 7) is 2.03. The van der Waals surface area contributed by atoms with Gasteiger partial charge in [0.05, 0.1) is 13.2 Å². The minimum Gasteiger partial charge on any atom is -0.458 e. The van der Waals surface area contributed by atoms with Crippen LogP contribution < -0.4 is 5.32 Å². The number of aliphatic hydroxyl groups excluding tert-OH is 1. The van der Waals surface area contributed by atoms with Crippen LogP contribution in [0.1, 0.15) is 88.3 Å². The lowest BCUT2D eigenvalue weighted by atomic mass is 9.62. The van der Waals surface area contributed by atoms with Crippen molar-refractivity contribution < 1.29 is 61.2 Å². The highest BCUT2D eigenvalue weighted by Gasteiger charge is 2.76. The molecule has 2 N–H and O–H groups in total. The predicted octanol–water partition coefficient (Wildman–Crippen LogP) is 5.42. The van der Waals surface area contributed by atoms with E-state index in [-0.39, 0.29) is 32.5 Å². The molecule has 13 nitrogen and oxygen atoms in total. The molecule has 0 radical (unpaired) electrons. The summed E-state index contributed by atoms with van der Waals surface area (Å²) in [5.74, 6) is -3.95. The van der Waals surface area contributed by atoms with Crippen molar-refractivity contribution in [3.8, 4) is 0 Å². The number of likely N-dealkylation sites (N-methyl/N-ethyl adjacent to an activating group) is 1. The lowest BCUT2D eigenvalue weighted by Crippen LogP contribution is -2.70. The van der Waals surface area contributed by atoms with E-state index in [2.05, 4.69) is 23.9 Å². The molecule has 2 amide bonds. The largest absolute Gasteiger partial charge is 0.458 e. The molecule has 1 saturated carbocycles. The van der Waals surface area contributed by atoms with Crippen molar-refractivity contribution in [1.29, 1.82) is 0 Å². The number of hydrogen-bond acceptors (Lipinski definition) is 11. The number of carbonyl (C=O) groups excluding carboxylic acids is 4. The van der Waals surface area contributed by atoms with E-state index in [4.69, 9.17) is 19.0 Å². The van der Waals surface area contributed by atoms with Gasteiger partial charge in [-0.1, -0.05) is 94.1 Å². The quantitative estimate of drug-likeness (QED) is 0.0999. The smallest absolute Gasteiger partial charge is 0.422 e. The second kappa shape index (κ2) is 19.6. The second-order valence-electron chi connectivity index (χ2n) is 16.1. The predicted molar refractivity (Wildman–Crippen MR) is 211 cm³/mol. The zero-order valence-corrected chi connectivity index (χ0v) is 34.4. The molecule has 16 heteroatoms. The number of hydrogen-bond donors (Lipinski definition) is 2. The van der Waals surface area contributed by atoms with Crippen LogP contribution in [0.3, 0.4) is 0 Å². The van der Waals surface area contributed by atoms with Crippen LogP contribution in [-0.2, 0) is 55.9 Å². The number of rotatable bonds is 20. The monoisotopic (exact) mass is 843 g/mol. The van der Waals surface area contributed by atoms with Gasteiger partial charge in [-0.15, -0.1) is 0 Å². The first-order valence-electron chi connectivity index (χ1n) is 20.9. The number of esters is 2. The Morgan fingerprint density at radius 2 is 1.67 bits per heavy atom. The van der Waals surface area contributed by atoms with E-state index < -0.39 is 84.2 Å². The van der Waals surface area contributed by atoms with Gasteiger partial charge in [0.15, 0.2) is 18.4 Å². The Kier molecular flexibility index (Phi) is 14.7. The number of nitrogens with zero attached hydrogens (tertiary/aromatic N) is 2. The maximum Gasteiger partial charge on any atom is 0.422 e. The van der Waals surface area contributed by atoms with E-state index in [0.29, 0.717) is 24.0 Å². The van der Waals surface area contributed by atoms with E-state index in [0.717, 1.165) is 50.2 Å². The number of halogens is 3. The number of carbonyl (C=O) groups is 4. The summed E-state index contributed by atoms with van der Waals surface area (Å²) in [6, 6.07) is 13.6. The van der Waals surface area contributed by atoms with Crippen LogP contribution in [0.25, 0.3) is 6.08 Å². The lowest BCUT2D eigenvalue weighted by molar-refractivity contribution is -0.225. The number of fused-ring (bicyclic) bond motifs is 4. The Labute approximate surface area is 348 Å². The first-order valence-corrected chi connectivity index (χ1v) is 20.9. The van der Waals surface area contributed by atoms with E-state index in [9.17, 15) is 32.7 Å². The third-order valence-corrected chi connectivity index (χ3v) is 11.9. The summed E-state index contributed by atoms with van der Waals surface area (Å²) in [5, 5.41) is 13.7. The second-order valence-corrected chi connectivity index (χ2v) is 16.1. The van der Waals surface area contributed by atoms with E-state index in [1.807, 2.05) is 30.3 Å². The van der Waals surface area contributed by atoms with Gasteiger partial charge < -0.3 is 34.3 Å². The Morgan fingerprint density at radius 3 is 2.33 bits per heavy atom. The van der Waals surface area contributed by atoms with Gasteiger partial charge >= 0.3 is 18.1 Å². The van der Waals surface area contributed by atoms with Crippen molar-refractivity contribution in [2.45, 2.75) is 133 Å². The molecule has 3 heterocycles. The van der Waals surface area contributed by atoms with Crippen molar-refractivity contribution in [3.63, 3.8) is 0 Å². The van der Waals surface area contributed by atoms with Crippen LogP contribution in [0, 0.1) is 5.41 Å². The van der Waals surface area contributed by atoms with Crippen LogP contribution in [0.5, 0.6) is 0 Å². The standard InChI is InChI=1S/C44H56F3N3O10/c1-4-6-13-21-42(22-14-7-5-2)58-35-33-26-43(41(55)49(3)32(39(53)48-23-24-51)25-29-15-9-8-10-16-29)37(40(54)57-33)50(60-38(43)36(35)59-42)27-31-18-12-11-17-30(31)19-20-34(52)56-28-44(45,46)47/h8-12,15-20,32-33,35-38,51H,4-7,13-14,21-28H2,1-3H3,(H,48,53). The van der Waals surface area contributed by atoms with Crippen molar-refractivity contribution in [2.24, 2.45) is 5.41 Å². The van der Waals surface area contributed by atoms with Crippen molar-refractivity contribution >= 4 is 29.8 Å². The topological polar surface area (TPSA) is 153 Å². The van der Waals surface area contributed by atoms with Gasteiger partial charge in [-0.05, 0) is 35.6 Å². The summed E-state index contributed by atoms with van der Waals surface area (Å²) in [6.07, 6.45) is 0.826. The molecule has 6 rings (SSSR count). The van der Waals surface area contributed by atoms with E-state index >= 15 is 4.79 Å². The Bertz CT molecular complexity index is 1840. The molecule has 60 heavy (non-hydrogen) atoms. The minimum atomic E-state index is -4.69. The molecule has 7 atom stereocenters. The summed E-state index contributed by atoms with van der Waals surface area (Å²) < 4.78 is 62.5. The molecule has 2 aromatic rings. The number of nitrogens with one attached hydrogen (secondary N) is 1. The fourth-order valence-corrected chi connectivity index (χ4v) is 9.05. The Hall–Kier alpha value is -4.35. The van der Waals surface area contributed by atoms with Gasteiger partial charge in [-0.25, -0.2) is 4.79 Å². The number of hydroxylamine groups is 2. The molecular weight excluding hydrogens is 787 g/mol. The molecule has 328 valence electrons. The van der Waals surface area contributed by atoms with Crippen molar-refractivity contribution in [1.82, 2.24) is 15.3 Å². The Morgan fingerprint density at radius 1 is 1.00 bits per heavy atom. The molecule has 2 aromatic carbocycles. The molecule has 0 aromatic heterocycles. The summed E-state index contributed by atoms with van der Waals surface area (Å²) in [4.78, 5) is 64.2. The molecule has 1 aliphatic carbocycles. The van der Waals surface area contributed by atoms with Crippen LogP contribution in [0.4, 0.5) is 13.2 Å². The maximum atomic E-state index is 15.5. The number of benzene rings is 2. The highest BCUT2D eigenvalue weighted by atomic mass is 19.4. The van der Waals surface area contributed by atoms with Crippen molar-refractivity contribution in [2.75, 3.05) is 26.8 Å². The van der Waals surface area contributed by atoms with Gasteiger partial charge in [0.2, 0.25) is 11.8 Å². The maximum absolute atomic E-state index is 15.5. The summed E-state index contributed by atoms with van der Waals surface area (Å²) in [5.41, 5.74) is 0.0984. The molecule has 3 aliphatic heterocycles. The van der Waals surface area contributed by atoms with Crippen LogP contribution in [0.2, 0.25) is 0 Å². The summed E-state index contributed by atoms with van der Waals surface area (Å²) >= 11 is 0. The Balaban J connectivity index is 1.39. The fourth-order valence-electron chi connectivity index (χ4n) is 9.05. The molecule has 4 fully saturated rings. The lowest BCUT2D eigenvalue weighted by Gasteiger charge is -2.50. The fraction of sp³-hybridized carbons (Fsp3) is 0.591. The SMILES string of the molecule is CCCCCC1(CCCCC)OC2C3CC4(C(=O)N(C)C(Cc5ccccc5)C(=O)NCCO)C(ON(Cc5ccccc5C=CC(=O)OCC(F)(F)F)C4C(=O)O3)C2O1. The molecule has 3 saturated heterocycles. The molecule has 7 unspecified atom stereocenters. The van der Waals surface area contributed by atoms with Crippen molar-refractivity contribution in [3.05, 3.63) is 77.4 Å². The third kappa shape index (κ3) is 9.89. The highest BCUT2D eigenvalue weighted by Crippen LogP contribution is 2.58.